The zero-order chi connectivity index (χ0) is 16.4. The average molecular weight is 312 g/mol. The van der Waals surface area contributed by atoms with Crippen LogP contribution in [-0.4, -0.2) is 52.5 Å². The summed E-state index contributed by atoms with van der Waals surface area (Å²) >= 11 is 0. The summed E-state index contributed by atoms with van der Waals surface area (Å²) in [6.07, 6.45) is 3.35. The van der Waals surface area contributed by atoms with Crippen molar-refractivity contribution in [2.75, 3.05) is 31.1 Å². The Labute approximate surface area is 135 Å². The predicted molar refractivity (Wildman–Crippen MR) is 87.8 cm³/mol. The van der Waals surface area contributed by atoms with E-state index < -0.39 is 0 Å². The van der Waals surface area contributed by atoms with Crippen LogP contribution in [-0.2, 0) is 7.05 Å². The number of ketones is 1. The number of carbonyl (C=O) groups is 2. The maximum Gasteiger partial charge on any atom is 0.257 e. The van der Waals surface area contributed by atoms with Gasteiger partial charge in [-0.15, -0.1) is 0 Å². The summed E-state index contributed by atoms with van der Waals surface area (Å²) in [7, 11) is 1.80. The van der Waals surface area contributed by atoms with Gasteiger partial charge in [0.2, 0.25) is 0 Å². The zero-order valence-corrected chi connectivity index (χ0v) is 13.4. The molecular formula is C17H20N4O2. The van der Waals surface area contributed by atoms with Crippen LogP contribution in [0.5, 0.6) is 0 Å². The predicted octanol–water partition coefficient (Wildman–Crippen LogP) is 1.59. The normalized spacial score (nSPS) is 14.9. The largest absolute Gasteiger partial charge is 0.368 e. The van der Waals surface area contributed by atoms with Crippen molar-refractivity contribution in [1.29, 1.82) is 0 Å². The molecule has 1 amide bonds. The Morgan fingerprint density at radius 2 is 1.65 bits per heavy atom. The van der Waals surface area contributed by atoms with Gasteiger partial charge in [0.05, 0.1) is 11.8 Å². The van der Waals surface area contributed by atoms with Gasteiger partial charge in [0.1, 0.15) is 0 Å². The maximum absolute atomic E-state index is 12.4. The topological polar surface area (TPSA) is 58.4 Å². The van der Waals surface area contributed by atoms with Crippen LogP contribution < -0.4 is 4.90 Å². The number of hydrogen-bond acceptors (Lipinski definition) is 4. The molecule has 0 spiro atoms. The minimum atomic E-state index is 0.0321. The summed E-state index contributed by atoms with van der Waals surface area (Å²) in [5.41, 5.74) is 2.44. The van der Waals surface area contributed by atoms with Crippen molar-refractivity contribution in [1.82, 2.24) is 14.7 Å². The number of carbonyl (C=O) groups excluding carboxylic acids is 2. The molecule has 2 heterocycles. The van der Waals surface area contributed by atoms with Gasteiger partial charge >= 0.3 is 0 Å². The Bertz CT molecular complexity index is 712. The lowest BCUT2D eigenvalue weighted by Crippen LogP contribution is -2.48. The molecule has 1 aliphatic rings. The second kappa shape index (κ2) is 6.24. The Morgan fingerprint density at radius 3 is 2.17 bits per heavy atom. The van der Waals surface area contributed by atoms with E-state index in [4.69, 9.17) is 0 Å². The first-order valence-corrected chi connectivity index (χ1v) is 7.68. The van der Waals surface area contributed by atoms with E-state index in [0.717, 1.165) is 24.3 Å². The maximum atomic E-state index is 12.4. The molecule has 1 saturated heterocycles. The first-order chi connectivity index (χ1) is 11.0. The van der Waals surface area contributed by atoms with E-state index in [1.165, 1.54) is 0 Å². The molecule has 0 aliphatic carbocycles. The summed E-state index contributed by atoms with van der Waals surface area (Å²) < 4.78 is 1.64. The molecular weight excluding hydrogens is 292 g/mol. The average Bonchev–Trinajstić information content (AvgIpc) is 3.01. The summed E-state index contributed by atoms with van der Waals surface area (Å²) in [6, 6.07) is 7.64. The molecule has 120 valence electrons. The van der Waals surface area contributed by atoms with Crippen LogP contribution in [0, 0.1) is 0 Å². The highest BCUT2D eigenvalue weighted by Gasteiger charge is 2.23. The number of hydrogen-bond donors (Lipinski definition) is 0. The molecule has 2 aromatic rings. The molecule has 0 saturated carbocycles. The SMILES string of the molecule is CC(=O)c1ccc(N2CCN(C(=O)c3cnn(C)c3)CC2)cc1. The van der Waals surface area contributed by atoms with Gasteiger partial charge in [-0.2, -0.15) is 5.10 Å². The number of anilines is 1. The summed E-state index contributed by atoms with van der Waals surface area (Å²) in [4.78, 5) is 27.8. The fourth-order valence-corrected chi connectivity index (χ4v) is 2.79. The minimum Gasteiger partial charge on any atom is -0.368 e. The highest BCUT2D eigenvalue weighted by molar-refractivity contribution is 5.94. The van der Waals surface area contributed by atoms with Gasteiger partial charge in [0, 0.05) is 50.7 Å². The summed E-state index contributed by atoms with van der Waals surface area (Å²) in [6.45, 7) is 4.50. The fourth-order valence-electron chi connectivity index (χ4n) is 2.79. The Morgan fingerprint density at radius 1 is 1.00 bits per heavy atom. The molecule has 1 aromatic heterocycles. The molecule has 1 fully saturated rings. The van der Waals surface area contributed by atoms with E-state index in [9.17, 15) is 9.59 Å². The molecule has 0 N–H and O–H groups in total. The third kappa shape index (κ3) is 3.26. The number of rotatable bonds is 3. The number of benzene rings is 1. The van der Waals surface area contributed by atoms with Crippen LogP contribution in [0.3, 0.4) is 0 Å². The van der Waals surface area contributed by atoms with Crippen molar-refractivity contribution >= 4 is 17.4 Å². The smallest absolute Gasteiger partial charge is 0.257 e. The van der Waals surface area contributed by atoms with Crippen molar-refractivity contribution in [2.45, 2.75) is 6.92 Å². The van der Waals surface area contributed by atoms with E-state index in [-0.39, 0.29) is 11.7 Å². The standard InChI is InChI=1S/C17H20N4O2/c1-13(22)14-3-5-16(6-4-14)20-7-9-21(10-8-20)17(23)15-11-18-19(2)12-15/h3-6,11-12H,7-10H2,1-2H3. The first-order valence-electron chi connectivity index (χ1n) is 7.68. The third-order valence-corrected chi connectivity index (χ3v) is 4.16. The Hall–Kier alpha value is -2.63. The van der Waals surface area contributed by atoms with Crippen molar-refractivity contribution in [3.8, 4) is 0 Å². The lowest BCUT2D eigenvalue weighted by molar-refractivity contribution is 0.0746. The van der Waals surface area contributed by atoms with Crippen molar-refractivity contribution < 1.29 is 9.59 Å². The highest BCUT2D eigenvalue weighted by Crippen LogP contribution is 2.18. The monoisotopic (exact) mass is 312 g/mol. The van der Waals surface area contributed by atoms with Gasteiger partial charge in [-0.05, 0) is 31.2 Å². The first kappa shape index (κ1) is 15.3. The molecule has 1 aliphatic heterocycles. The molecule has 0 bridgehead atoms. The molecule has 0 unspecified atom stereocenters. The van der Waals surface area contributed by atoms with Gasteiger partial charge in [0.15, 0.2) is 5.78 Å². The summed E-state index contributed by atoms with van der Waals surface area (Å²) in [5.74, 6) is 0.105. The number of nitrogens with zero attached hydrogens (tertiary/aromatic N) is 4. The quantitative estimate of drug-likeness (QED) is 0.808. The number of Topliss-reactive ketones (excluding diaryl/α,β-unsaturated/α-hetero) is 1. The highest BCUT2D eigenvalue weighted by atomic mass is 16.2. The fraction of sp³-hybridized carbons (Fsp3) is 0.353. The lowest BCUT2D eigenvalue weighted by Gasteiger charge is -2.36. The van der Waals surface area contributed by atoms with E-state index in [1.807, 2.05) is 29.2 Å². The summed E-state index contributed by atoms with van der Waals surface area (Å²) in [5, 5.41) is 4.05. The van der Waals surface area contributed by atoms with Crippen LogP contribution in [0.15, 0.2) is 36.7 Å². The second-order valence-electron chi connectivity index (χ2n) is 5.78. The molecule has 0 atom stereocenters. The van der Waals surface area contributed by atoms with E-state index in [2.05, 4.69) is 10.00 Å². The lowest BCUT2D eigenvalue weighted by atomic mass is 10.1. The van der Waals surface area contributed by atoms with Gasteiger partial charge in [-0.25, -0.2) is 0 Å². The van der Waals surface area contributed by atoms with Crippen LogP contribution in [0.25, 0.3) is 0 Å². The van der Waals surface area contributed by atoms with Crippen LogP contribution in [0.1, 0.15) is 27.6 Å². The Balaban J connectivity index is 1.61. The molecule has 0 radical (unpaired) electrons. The zero-order valence-electron chi connectivity index (χ0n) is 13.4. The van der Waals surface area contributed by atoms with Crippen LogP contribution in [0.2, 0.25) is 0 Å². The third-order valence-electron chi connectivity index (χ3n) is 4.16. The Kier molecular flexibility index (Phi) is 4.14. The van der Waals surface area contributed by atoms with Crippen LogP contribution in [0.4, 0.5) is 5.69 Å². The van der Waals surface area contributed by atoms with Gasteiger partial charge in [-0.1, -0.05) is 0 Å². The van der Waals surface area contributed by atoms with E-state index in [0.29, 0.717) is 18.7 Å². The molecule has 6 heteroatoms. The molecule has 1 aromatic carbocycles. The molecule has 3 rings (SSSR count). The molecule has 23 heavy (non-hydrogen) atoms. The number of aromatic nitrogens is 2. The van der Waals surface area contributed by atoms with Crippen molar-refractivity contribution in [2.24, 2.45) is 7.05 Å². The molecule has 6 nitrogen and oxygen atoms in total. The second-order valence-corrected chi connectivity index (χ2v) is 5.78. The minimum absolute atomic E-state index is 0.0321. The van der Waals surface area contributed by atoms with Crippen molar-refractivity contribution in [3.63, 3.8) is 0 Å². The van der Waals surface area contributed by atoms with Crippen LogP contribution >= 0.6 is 0 Å². The number of piperazine rings is 1. The number of amides is 1. The van der Waals surface area contributed by atoms with Gasteiger partial charge < -0.3 is 9.80 Å². The number of aryl methyl sites for hydroxylation is 1. The van der Waals surface area contributed by atoms with Gasteiger partial charge in [-0.3, -0.25) is 14.3 Å². The van der Waals surface area contributed by atoms with Crippen molar-refractivity contribution in [3.05, 3.63) is 47.8 Å². The van der Waals surface area contributed by atoms with Gasteiger partial charge in [0.25, 0.3) is 5.91 Å². The van der Waals surface area contributed by atoms with E-state index in [1.54, 1.807) is 31.0 Å². The van der Waals surface area contributed by atoms with E-state index >= 15 is 0 Å².